The van der Waals surface area contributed by atoms with Crippen LogP contribution in [0.25, 0.3) is 5.69 Å². The first-order valence-corrected chi connectivity index (χ1v) is 12.6. The Kier molecular flexibility index (Phi) is 8.13. The summed E-state index contributed by atoms with van der Waals surface area (Å²) < 4.78 is 7.89. The Morgan fingerprint density at radius 2 is 1.84 bits per heavy atom. The number of hydrogen-bond donors (Lipinski definition) is 0. The van der Waals surface area contributed by atoms with Crippen LogP contribution in [0.15, 0.2) is 30.5 Å². The van der Waals surface area contributed by atoms with Crippen molar-refractivity contribution in [3.8, 4) is 5.69 Å². The first-order chi connectivity index (χ1) is 14.8. The number of ether oxygens (including phenoxy) is 1. The lowest BCUT2D eigenvalue weighted by atomic mass is 9.82. The number of halogens is 1. The topological polar surface area (TPSA) is 64.4 Å². The van der Waals surface area contributed by atoms with Gasteiger partial charge in [-0.2, -0.15) is 0 Å². The number of carbonyl (C=O) groups excluding carboxylic acids is 2. The molecule has 0 N–H and O–H groups in total. The Labute approximate surface area is 198 Å². The molecule has 1 aromatic heterocycles. The molecule has 1 fully saturated rings. The van der Waals surface area contributed by atoms with Crippen LogP contribution >= 0.6 is 22.6 Å². The number of rotatable bonds is 7. The van der Waals surface area contributed by atoms with Crippen LogP contribution < -0.4 is 4.90 Å². The van der Waals surface area contributed by atoms with E-state index in [1.54, 1.807) is 22.7 Å². The predicted molar refractivity (Wildman–Crippen MR) is 131 cm³/mol. The summed E-state index contributed by atoms with van der Waals surface area (Å²) >= 11 is 2.32. The summed E-state index contributed by atoms with van der Waals surface area (Å²) in [5.41, 5.74) is 2.38. The number of carbonyl (C=O) groups is 2. The van der Waals surface area contributed by atoms with Crippen LogP contribution in [0.2, 0.25) is 0 Å². The molecule has 0 bridgehead atoms. The second-order valence-electron chi connectivity index (χ2n) is 8.59. The molecule has 1 amide bonds. The quantitative estimate of drug-likeness (QED) is 0.264. The summed E-state index contributed by atoms with van der Waals surface area (Å²) in [6.45, 7) is 8.22. The molecule has 7 heteroatoms. The first-order valence-electron chi connectivity index (χ1n) is 11.1. The highest BCUT2D eigenvalue weighted by atomic mass is 127. The SMILES string of the molecule is CCOC(=O)c1cn(-c2ccc(CI)cc2)nc1N(C(=O)[C@H]1CC[C@H](C)CC1)C(C)C. The molecule has 6 nitrogen and oxygen atoms in total. The van der Waals surface area contributed by atoms with Crippen molar-refractivity contribution in [1.82, 2.24) is 9.78 Å². The Bertz CT molecular complexity index is 899. The summed E-state index contributed by atoms with van der Waals surface area (Å²) in [5, 5.41) is 4.71. The van der Waals surface area contributed by atoms with Gasteiger partial charge < -0.3 is 4.74 Å². The Morgan fingerprint density at radius 1 is 1.19 bits per heavy atom. The molecule has 2 aromatic rings. The van der Waals surface area contributed by atoms with Gasteiger partial charge >= 0.3 is 5.97 Å². The van der Waals surface area contributed by atoms with E-state index in [2.05, 4.69) is 29.5 Å². The Morgan fingerprint density at radius 3 is 2.39 bits per heavy atom. The van der Waals surface area contributed by atoms with E-state index in [1.807, 2.05) is 38.1 Å². The van der Waals surface area contributed by atoms with E-state index in [0.29, 0.717) is 17.3 Å². The van der Waals surface area contributed by atoms with Gasteiger partial charge in [0.05, 0.1) is 12.3 Å². The maximum Gasteiger partial charge on any atom is 0.343 e. The number of amides is 1. The van der Waals surface area contributed by atoms with Crippen LogP contribution in [0.1, 0.15) is 69.3 Å². The van der Waals surface area contributed by atoms with Gasteiger partial charge in [-0.15, -0.1) is 5.10 Å². The molecule has 1 saturated carbocycles. The molecule has 0 saturated heterocycles. The molecule has 1 aliphatic carbocycles. The average molecular weight is 537 g/mol. The van der Waals surface area contributed by atoms with E-state index in [4.69, 9.17) is 9.84 Å². The molecule has 0 spiro atoms. The average Bonchev–Trinajstić information content (AvgIpc) is 3.19. The third-order valence-electron chi connectivity index (χ3n) is 5.89. The molecule has 1 aliphatic rings. The van der Waals surface area contributed by atoms with Crippen LogP contribution in [-0.4, -0.2) is 34.3 Å². The van der Waals surface area contributed by atoms with Crippen LogP contribution in [0.3, 0.4) is 0 Å². The van der Waals surface area contributed by atoms with Crippen LogP contribution in [0.5, 0.6) is 0 Å². The van der Waals surface area contributed by atoms with Gasteiger partial charge in [-0.05, 0) is 70.1 Å². The normalized spacial score (nSPS) is 18.8. The van der Waals surface area contributed by atoms with Crippen molar-refractivity contribution in [2.75, 3.05) is 11.5 Å². The molecule has 0 aliphatic heterocycles. The van der Waals surface area contributed by atoms with E-state index in [1.165, 1.54) is 5.56 Å². The third-order valence-corrected chi connectivity index (χ3v) is 6.77. The lowest BCUT2D eigenvalue weighted by Crippen LogP contribution is -2.43. The molecular formula is C24H32IN3O3. The molecule has 1 heterocycles. The lowest BCUT2D eigenvalue weighted by Gasteiger charge is -2.32. The largest absolute Gasteiger partial charge is 0.462 e. The second kappa shape index (κ2) is 10.6. The predicted octanol–water partition coefficient (Wildman–Crippen LogP) is 5.55. The maximum absolute atomic E-state index is 13.5. The van der Waals surface area contributed by atoms with Gasteiger partial charge in [0.15, 0.2) is 5.82 Å². The van der Waals surface area contributed by atoms with Crippen LogP contribution in [-0.2, 0) is 14.0 Å². The van der Waals surface area contributed by atoms with E-state index >= 15 is 0 Å². The fraction of sp³-hybridized carbons (Fsp3) is 0.542. The zero-order valence-corrected chi connectivity index (χ0v) is 21.0. The van der Waals surface area contributed by atoms with Gasteiger partial charge in [0.25, 0.3) is 0 Å². The highest BCUT2D eigenvalue weighted by molar-refractivity contribution is 14.1. The maximum atomic E-state index is 13.5. The molecule has 0 atom stereocenters. The fourth-order valence-corrected chi connectivity index (χ4v) is 4.58. The van der Waals surface area contributed by atoms with E-state index in [-0.39, 0.29) is 24.5 Å². The number of anilines is 1. The van der Waals surface area contributed by atoms with Gasteiger partial charge in [-0.3, -0.25) is 9.69 Å². The van der Waals surface area contributed by atoms with Crippen molar-refractivity contribution < 1.29 is 14.3 Å². The summed E-state index contributed by atoms with van der Waals surface area (Å²) in [4.78, 5) is 28.0. The fourth-order valence-electron chi connectivity index (χ4n) is 4.07. The number of aromatic nitrogens is 2. The lowest BCUT2D eigenvalue weighted by molar-refractivity contribution is -0.123. The van der Waals surface area contributed by atoms with Crippen molar-refractivity contribution in [3.05, 3.63) is 41.6 Å². The van der Waals surface area contributed by atoms with E-state index < -0.39 is 5.97 Å². The molecule has 0 radical (unpaired) electrons. The number of benzene rings is 1. The number of esters is 1. The minimum absolute atomic E-state index is 0.0262. The zero-order valence-electron chi connectivity index (χ0n) is 18.8. The minimum Gasteiger partial charge on any atom is -0.462 e. The summed E-state index contributed by atoms with van der Waals surface area (Å²) in [7, 11) is 0. The summed E-state index contributed by atoms with van der Waals surface area (Å²) in [6.07, 6.45) is 5.57. The molecular weight excluding hydrogens is 505 g/mol. The van der Waals surface area contributed by atoms with Gasteiger partial charge in [0.1, 0.15) is 5.56 Å². The third kappa shape index (κ3) is 5.48. The first kappa shape index (κ1) is 23.8. The van der Waals surface area contributed by atoms with Crippen molar-refractivity contribution in [2.45, 2.75) is 63.8 Å². The summed E-state index contributed by atoms with van der Waals surface area (Å²) in [6, 6.07) is 7.92. The molecule has 31 heavy (non-hydrogen) atoms. The molecule has 1 aromatic carbocycles. The highest BCUT2D eigenvalue weighted by Gasteiger charge is 2.34. The number of nitrogens with zero attached hydrogens (tertiary/aromatic N) is 3. The van der Waals surface area contributed by atoms with Crippen molar-refractivity contribution in [3.63, 3.8) is 0 Å². The Hall–Kier alpha value is -1.90. The van der Waals surface area contributed by atoms with Crippen LogP contribution in [0.4, 0.5) is 5.82 Å². The van der Waals surface area contributed by atoms with Gasteiger partial charge in [0, 0.05) is 22.6 Å². The number of alkyl halides is 1. The number of hydrogen-bond acceptors (Lipinski definition) is 4. The van der Waals surface area contributed by atoms with Gasteiger partial charge in [-0.1, -0.05) is 41.6 Å². The monoisotopic (exact) mass is 537 g/mol. The smallest absolute Gasteiger partial charge is 0.343 e. The molecule has 168 valence electrons. The second-order valence-corrected chi connectivity index (χ2v) is 9.35. The van der Waals surface area contributed by atoms with E-state index in [0.717, 1.165) is 35.8 Å². The van der Waals surface area contributed by atoms with Gasteiger partial charge in [-0.25, -0.2) is 9.48 Å². The molecule has 3 rings (SSSR count). The highest BCUT2D eigenvalue weighted by Crippen LogP contribution is 2.33. The van der Waals surface area contributed by atoms with E-state index in [9.17, 15) is 9.59 Å². The van der Waals surface area contributed by atoms with Crippen LogP contribution in [0, 0.1) is 11.8 Å². The summed E-state index contributed by atoms with van der Waals surface area (Å²) in [5.74, 6) is 0.620. The van der Waals surface area contributed by atoms with Crippen molar-refractivity contribution in [2.24, 2.45) is 11.8 Å². The standard InChI is InChI=1S/C24H32IN3O3/c1-5-31-24(30)21-15-27(20-12-8-18(14-25)9-13-20)26-22(21)28(16(2)3)23(29)19-10-6-17(4)7-11-19/h8-9,12-13,15-17,19H,5-7,10-11,14H2,1-4H3/t17-,19-. The van der Waals surface area contributed by atoms with Crippen molar-refractivity contribution in [1.29, 1.82) is 0 Å². The molecule has 0 unspecified atom stereocenters. The Balaban J connectivity index is 2.01. The van der Waals surface area contributed by atoms with Gasteiger partial charge in [0.2, 0.25) is 5.91 Å². The minimum atomic E-state index is -0.455. The van der Waals surface area contributed by atoms with Crippen molar-refractivity contribution >= 4 is 40.3 Å². The zero-order chi connectivity index (χ0) is 22.5.